The summed E-state index contributed by atoms with van der Waals surface area (Å²) in [5.41, 5.74) is 2.69. The van der Waals surface area contributed by atoms with Crippen molar-refractivity contribution in [3.8, 4) is 0 Å². The summed E-state index contributed by atoms with van der Waals surface area (Å²) in [5, 5.41) is 10.2. The summed E-state index contributed by atoms with van der Waals surface area (Å²) < 4.78 is 0. The smallest absolute Gasteiger partial charge is 0.254 e. The van der Waals surface area contributed by atoms with Gasteiger partial charge in [0.2, 0.25) is 0 Å². The predicted molar refractivity (Wildman–Crippen MR) is 90.1 cm³/mol. The molecule has 2 aliphatic rings. The molecule has 1 aliphatic heterocycles. The van der Waals surface area contributed by atoms with Crippen molar-refractivity contribution in [2.75, 3.05) is 31.1 Å². The number of nitrogens with zero attached hydrogens (tertiary/aromatic N) is 2. The molecular weight excluding hydrogens is 298 g/mol. The van der Waals surface area contributed by atoms with Crippen LogP contribution in [0.25, 0.3) is 5.57 Å². The van der Waals surface area contributed by atoms with E-state index in [1.807, 2.05) is 11.8 Å². The molecule has 1 fully saturated rings. The number of thioether (sulfide) groups is 1. The second-order valence-corrected chi connectivity index (χ2v) is 7.24. The Bertz CT molecular complexity index is 614. The molecule has 0 aromatic carbocycles. The highest BCUT2D eigenvalue weighted by Crippen LogP contribution is 2.27. The van der Waals surface area contributed by atoms with Gasteiger partial charge in [0.05, 0.1) is 18.1 Å². The van der Waals surface area contributed by atoms with E-state index in [-0.39, 0.29) is 11.7 Å². The maximum absolute atomic E-state index is 11.8. The number of rotatable bonds is 6. The summed E-state index contributed by atoms with van der Waals surface area (Å²) >= 11 is 1.93. The molecule has 1 unspecified atom stereocenters. The van der Waals surface area contributed by atoms with Gasteiger partial charge in [-0.15, -0.1) is 0 Å². The van der Waals surface area contributed by atoms with Gasteiger partial charge in [0.1, 0.15) is 0 Å². The molecule has 0 spiro atoms. The SMILES string of the molecule is CCCSC[C@H]1CN(CC2=CCc3c2nc[nH]c3=O)CC1O. The van der Waals surface area contributed by atoms with E-state index in [1.54, 1.807) is 0 Å². The van der Waals surface area contributed by atoms with Gasteiger partial charge < -0.3 is 10.1 Å². The minimum absolute atomic E-state index is 0.0356. The molecule has 6 heteroatoms. The van der Waals surface area contributed by atoms with Gasteiger partial charge in [-0.25, -0.2) is 4.98 Å². The topological polar surface area (TPSA) is 69.2 Å². The molecule has 1 saturated heterocycles. The van der Waals surface area contributed by atoms with E-state index in [2.05, 4.69) is 27.9 Å². The molecule has 0 saturated carbocycles. The van der Waals surface area contributed by atoms with Crippen molar-refractivity contribution in [2.45, 2.75) is 25.9 Å². The van der Waals surface area contributed by atoms with Crippen molar-refractivity contribution in [1.82, 2.24) is 14.9 Å². The van der Waals surface area contributed by atoms with Crippen molar-refractivity contribution in [1.29, 1.82) is 0 Å². The predicted octanol–water partition coefficient (Wildman–Crippen LogP) is 1.15. The first-order chi connectivity index (χ1) is 10.7. The number of H-pyrrole nitrogens is 1. The molecule has 1 aromatic heterocycles. The van der Waals surface area contributed by atoms with Gasteiger partial charge in [-0.2, -0.15) is 11.8 Å². The molecule has 0 radical (unpaired) electrons. The highest BCUT2D eigenvalue weighted by molar-refractivity contribution is 7.99. The largest absolute Gasteiger partial charge is 0.391 e. The fourth-order valence-corrected chi connectivity index (χ4v) is 4.30. The Morgan fingerprint density at radius 3 is 3.18 bits per heavy atom. The van der Waals surface area contributed by atoms with Crippen LogP contribution in [-0.2, 0) is 6.42 Å². The Morgan fingerprint density at radius 1 is 1.50 bits per heavy atom. The number of nitrogens with one attached hydrogen (secondary N) is 1. The van der Waals surface area contributed by atoms with E-state index in [0.29, 0.717) is 18.9 Å². The monoisotopic (exact) mass is 321 g/mol. The lowest BCUT2D eigenvalue weighted by atomic mass is 10.1. The van der Waals surface area contributed by atoms with Crippen LogP contribution in [0.3, 0.4) is 0 Å². The molecule has 1 aromatic rings. The Balaban J connectivity index is 1.60. The zero-order valence-corrected chi connectivity index (χ0v) is 13.7. The van der Waals surface area contributed by atoms with Crippen molar-refractivity contribution in [3.05, 3.63) is 34.0 Å². The first-order valence-electron chi connectivity index (χ1n) is 7.93. The summed E-state index contributed by atoms with van der Waals surface area (Å²) in [6, 6.07) is 0. The molecule has 22 heavy (non-hydrogen) atoms. The Labute approximate surface area is 134 Å². The first kappa shape index (κ1) is 15.8. The zero-order valence-electron chi connectivity index (χ0n) is 12.9. The van der Waals surface area contributed by atoms with E-state index >= 15 is 0 Å². The number of aromatic amines is 1. The molecule has 0 amide bonds. The fourth-order valence-electron chi connectivity index (χ4n) is 3.21. The molecule has 1 aliphatic carbocycles. The lowest BCUT2D eigenvalue weighted by Crippen LogP contribution is -2.24. The van der Waals surface area contributed by atoms with Crippen molar-refractivity contribution >= 4 is 17.3 Å². The highest BCUT2D eigenvalue weighted by Gasteiger charge is 2.32. The molecule has 2 atom stereocenters. The van der Waals surface area contributed by atoms with Crippen LogP contribution in [-0.4, -0.2) is 57.2 Å². The maximum Gasteiger partial charge on any atom is 0.254 e. The summed E-state index contributed by atoms with van der Waals surface area (Å²) in [5.74, 6) is 2.54. The summed E-state index contributed by atoms with van der Waals surface area (Å²) in [6.07, 6.45) is 5.18. The Morgan fingerprint density at radius 2 is 2.36 bits per heavy atom. The van der Waals surface area contributed by atoms with E-state index in [0.717, 1.165) is 41.4 Å². The molecular formula is C16H23N3O2S. The van der Waals surface area contributed by atoms with Gasteiger partial charge in [0, 0.05) is 31.1 Å². The number of allylic oxidation sites excluding steroid dienone is 1. The second kappa shape index (κ2) is 6.98. The third-order valence-electron chi connectivity index (χ3n) is 4.36. The van der Waals surface area contributed by atoms with Crippen LogP contribution in [0, 0.1) is 5.92 Å². The van der Waals surface area contributed by atoms with Gasteiger partial charge in [-0.05, 0) is 29.9 Å². The number of fused-ring (bicyclic) bond motifs is 1. The number of aromatic nitrogens is 2. The summed E-state index contributed by atoms with van der Waals surface area (Å²) in [4.78, 5) is 21.0. The van der Waals surface area contributed by atoms with Crippen LogP contribution in [0.15, 0.2) is 17.2 Å². The summed E-state index contributed by atoms with van der Waals surface area (Å²) in [6.45, 7) is 4.60. The van der Waals surface area contributed by atoms with Gasteiger partial charge in [-0.3, -0.25) is 9.69 Å². The molecule has 120 valence electrons. The molecule has 5 nitrogen and oxygen atoms in total. The van der Waals surface area contributed by atoms with Gasteiger partial charge in [0.25, 0.3) is 5.56 Å². The lowest BCUT2D eigenvalue weighted by molar-refractivity contribution is 0.151. The third-order valence-corrected chi connectivity index (χ3v) is 5.72. The number of aliphatic hydroxyl groups is 1. The lowest BCUT2D eigenvalue weighted by Gasteiger charge is -2.16. The van der Waals surface area contributed by atoms with E-state index < -0.39 is 0 Å². The van der Waals surface area contributed by atoms with Gasteiger partial charge in [-0.1, -0.05) is 13.0 Å². The molecule has 2 N–H and O–H groups in total. The van der Waals surface area contributed by atoms with Crippen LogP contribution >= 0.6 is 11.8 Å². The number of likely N-dealkylation sites (tertiary alicyclic amines) is 1. The van der Waals surface area contributed by atoms with Gasteiger partial charge in [0.15, 0.2) is 0 Å². The maximum atomic E-state index is 11.8. The quantitative estimate of drug-likeness (QED) is 0.769. The van der Waals surface area contributed by atoms with Crippen molar-refractivity contribution < 1.29 is 5.11 Å². The number of hydrogen-bond acceptors (Lipinski definition) is 5. The summed E-state index contributed by atoms with van der Waals surface area (Å²) in [7, 11) is 0. The first-order valence-corrected chi connectivity index (χ1v) is 9.08. The highest BCUT2D eigenvalue weighted by atomic mass is 32.2. The van der Waals surface area contributed by atoms with E-state index in [9.17, 15) is 9.90 Å². The van der Waals surface area contributed by atoms with Crippen molar-refractivity contribution in [3.63, 3.8) is 0 Å². The fraction of sp³-hybridized carbons (Fsp3) is 0.625. The normalized spacial score (nSPS) is 24.5. The standard InChI is InChI=1S/C16H23N3O2S/c1-2-5-22-9-12-7-19(8-14(12)20)6-11-3-4-13-15(11)17-10-18-16(13)21/h3,10,12,14,20H,2,4-9H2,1H3,(H,17,18,21)/t12-,14?/m1/s1. The van der Waals surface area contributed by atoms with E-state index in [1.165, 1.54) is 12.7 Å². The van der Waals surface area contributed by atoms with Gasteiger partial charge >= 0.3 is 0 Å². The molecule has 2 heterocycles. The van der Waals surface area contributed by atoms with Crippen LogP contribution in [0.4, 0.5) is 0 Å². The molecule has 0 bridgehead atoms. The Kier molecular flexibility index (Phi) is 5.00. The number of aliphatic hydroxyl groups excluding tert-OH is 1. The third kappa shape index (κ3) is 3.29. The van der Waals surface area contributed by atoms with Crippen LogP contribution in [0.1, 0.15) is 24.6 Å². The average molecular weight is 321 g/mol. The van der Waals surface area contributed by atoms with Crippen molar-refractivity contribution in [2.24, 2.45) is 5.92 Å². The second-order valence-electron chi connectivity index (χ2n) is 6.09. The van der Waals surface area contributed by atoms with Crippen LogP contribution in [0.2, 0.25) is 0 Å². The Hall–Kier alpha value is -1.11. The van der Waals surface area contributed by atoms with E-state index in [4.69, 9.17) is 0 Å². The van der Waals surface area contributed by atoms with Crippen LogP contribution in [0.5, 0.6) is 0 Å². The number of β-amino-alcohol motifs (C(OH)–C–C–N with tert-alkyl or cyclic N) is 1. The number of hydrogen-bond donors (Lipinski definition) is 2. The van der Waals surface area contributed by atoms with Crippen LogP contribution < -0.4 is 5.56 Å². The minimum atomic E-state index is -0.238. The molecule has 3 rings (SSSR count). The zero-order chi connectivity index (χ0) is 15.5. The minimum Gasteiger partial charge on any atom is -0.391 e. The average Bonchev–Trinajstić information content (AvgIpc) is 3.05.